The molecule has 30 heavy (non-hydrogen) atoms. The fraction of sp³-hybridized carbons (Fsp3) is 0.500. The fourth-order valence-corrected chi connectivity index (χ4v) is 3.88. The first-order valence-electron chi connectivity index (χ1n) is 10.7. The summed E-state index contributed by atoms with van der Waals surface area (Å²) in [6.45, 7) is 8.98. The molecule has 0 radical (unpaired) electrons. The molecule has 1 aromatic heterocycles. The highest BCUT2D eigenvalue weighted by molar-refractivity contribution is 7.09. The Hall–Kier alpha value is -2.18. The molecule has 0 aliphatic heterocycles. The predicted octanol–water partition coefficient (Wildman–Crippen LogP) is 4.58. The number of ether oxygens (including phenoxy) is 1. The minimum atomic E-state index is -0.0271. The van der Waals surface area contributed by atoms with E-state index in [4.69, 9.17) is 4.74 Å². The number of thiophene rings is 1. The zero-order valence-electron chi connectivity index (χ0n) is 18.4. The quantitative estimate of drug-likeness (QED) is 0.437. The fourth-order valence-electron chi connectivity index (χ4n) is 3.16. The van der Waals surface area contributed by atoms with Crippen molar-refractivity contribution in [3.8, 4) is 0 Å². The smallest absolute Gasteiger partial charge is 0.242 e. The summed E-state index contributed by atoms with van der Waals surface area (Å²) in [7, 11) is 0. The van der Waals surface area contributed by atoms with E-state index in [-0.39, 0.29) is 24.3 Å². The Kier molecular flexibility index (Phi) is 10.6. The van der Waals surface area contributed by atoms with E-state index in [0.717, 1.165) is 16.9 Å². The summed E-state index contributed by atoms with van der Waals surface area (Å²) in [5, 5.41) is 2.02. The second kappa shape index (κ2) is 13.2. The number of amides is 2. The summed E-state index contributed by atoms with van der Waals surface area (Å²) in [6, 6.07) is 14.0. The minimum Gasteiger partial charge on any atom is -0.382 e. The number of carbonyl (C=O) groups excluding carboxylic acids is 2. The van der Waals surface area contributed by atoms with Crippen molar-refractivity contribution >= 4 is 23.2 Å². The highest BCUT2D eigenvalue weighted by atomic mass is 32.1. The molecule has 1 aromatic carbocycles. The summed E-state index contributed by atoms with van der Waals surface area (Å²) < 4.78 is 5.41. The lowest BCUT2D eigenvalue weighted by Crippen LogP contribution is -2.43. The van der Waals surface area contributed by atoms with E-state index < -0.39 is 0 Å². The molecule has 0 aliphatic rings. The van der Waals surface area contributed by atoms with Crippen LogP contribution in [0, 0.1) is 5.92 Å². The van der Waals surface area contributed by atoms with Crippen LogP contribution in [0.2, 0.25) is 0 Å². The summed E-state index contributed by atoms with van der Waals surface area (Å²) in [4.78, 5) is 30.7. The lowest BCUT2D eigenvalue weighted by atomic mass is 10.1. The molecule has 0 saturated heterocycles. The van der Waals surface area contributed by atoms with Gasteiger partial charge in [-0.1, -0.05) is 50.2 Å². The number of benzene rings is 1. The van der Waals surface area contributed by atoms with Gasteiger partial charge in [-0.05, 0) is 36.3 Å². The van der Waals surface area contributed by atoms with E-state index in [2.05, 4.69) is 0 Å². The van der Waals surface area contributed by atoms with Crippen molar-refractivity contribution in [1.29, 1.82) is 0 Å². The average molecular weight is 431 g/mol. The van der Waals surface area contributed by atoms with E-state index in [0.29, 0.717) is 39.3 Å². The van der Waals surface area contributed by atoms with Crippen LogP contribution in [0.4, 0.5) is 0 Å². The summed E-state index contributed by atoms with van der Waals surface area (Å²) in [5.74, 6) is 0.264. The molecule has 0 saturated carbocycles. The normalized spacial score (nSPS) is 10.9. The SMILES string of the molecule is CCOCCCN(CC(=O)N(Cc1ccccc1)Cc1cccs1)C(=O)CC(C)C. The maximum absolute atomic E-state index is 13.3. The monoisotopic (exact) mass is 430 g/mol. The summed E-state index contributed by atoms with van der Waals surface area (Å²) in [6.07, 6.45) is 1.18. The zero-order chi connectivity index (χ0) is 21.8. The molecule has 164 valence electrons. The molecule has 0 atom stereocenters. The summed E-state index contributed by atoms with van der Waals surface area (Å²) in [5.41, 5.74) is 1.08. The Morgan fingerprint density at radius 1 is 1.00 bits per heavy atom. The molecule has 1 heterocycles. The van der Waals surface area contributed by atoms with Crippen LogP contribution >= 0.6 is 11.3 Å². The molecule has 0 unspecified atom stereocenters. The number of hydrogen-bond acceptors (Lipinski definition) is 4. The van der Waals surface area contributed by atoms with Gasteiger partial charge >= 0.3 is 0 Å². The standard InChI is InChI=1S/C24H34N2O3S/c1-4-29-14-9-13-25(23(27)16-20(2)3)19-24(28)26(18-22-12-8-15-30-22)17-21-10-6-5-7-11-21/h5-8,10-12,15,20H,4,9,13-14,16-19H2,1-3H3. The zero-order valence-corrected chi connectivity index (χ0v) is 19.2. The largest absolute Gasteiger partial charge is 0.382 e. The first-order chi connectivity index (χ1) is 14.5. The molecule has 0 spiro atoms. The number of hydrogen-bond donors (Lipinski definition) is 0. The molecule has 0 aliphatic carbocycles. The van der Waals surface area contributed by atoms with Crippen molar-refractivity contribution in [3.63, 3.8) is 0 Å². The van der Waals surface area contributed by atoms with Gasteiger partial charge in [-0.3, -0.25) is 9.59 Å². The van der Waals surface area contributed by atoms with Gasteiger partial charge in [-0.15, -0.1) is 11.3 Å². The molecule has 2 aromatic rings. The van der Waals surface area contributed by atoms with Crippen molar-refractivity contribution < 1.29 is 14.3 Å². The van der Waals surface area contributed by atoms with Gasteiger partial charge in [0.25, 0.3) is 0 Å². The molecule has 6 heteroatoms. The minimum absolute atomic E-state index is 0.0271. The third kappa shape index (κ3) is 8.67. The second-order valence-corrected chi connectivity index (χ2v) is 8.81. The van der Waals surface area contributed by atoms with Gasteiger partial charge in [0, 0.05) is 37.6 Å². The Labute approximate surface area is 184 Å². The maximum atomic E-state index is 13.3. The lowest BCUT2D eigenvalue weighted by Gasteiger charge is -2.28. The van der Waals surface area contributed by atoms with Crippen molar-refractivity contribution in [2.45, 2.75) is 46.7 Å². The Balaban J connectivity index is 2.09. The van der Waals surface area contributed by atoms with Crippen LogP contribution in [0.15, 0.2) is 47.8 Å². The predicted molar refractivity (Wildman–Crippen MR) is 122 cm³/mol. The molecule has 0 N–H and O–H groups in total. The third-order valence-electron chi connectivity index (χ3n) is 4.68. The molecule has 0 bridgehead atoms. The van der Waals surface area contributed by atoms with Gasteiger partial charge in [-0.25, -0.2) is 0 Å². The number of rotatable bonds is 13. The van der Waals surface area contributed by atoms with Crippen LogP contribution in [0.25, 0.3) is 0 Å². The molecular weight excluding hydrogens is 396 g/mol. The van der Waals surface area contributed by atoms with Gasteiger partial charge in [0.1, 0.15) is 0 Å². The van der Waals surface area contributed by atoms with Crippen molar-refractivity contribution in [1.82, 2.24) is 9.80 Å². The second-order valence-electron chi connectivity index (χ2n) is 7.78. The van der Waals surface area contributed by atoms with Crippen molar-refractivity contribution in [2.24, 2.45) is 5.92 Å². The first-order valence-corrected chi connectivity index (χ1v) is 11.6. The lowest BCUT2D eigenvalue weighted by molar-refractivity contribution is -0.141. The van der Waals surface area contributed by atoms with E-state index in [9.17, 15) is 9.59 Å². The van der Waals surface area contributed by atoms with Gasteiger partial charge in [0.2, 0.25) is 11.8 Å². The van der Waals surface area contributed by atoms with Gasteiger partial charge in [-0.2, -0.15) is 0 Å². The highest BCUT2D eigenvalue weighted by Crippen LogP contribution is 2.16. The first kappa shape index (κ1) is 24.1. The Bertz CT molecular complexity index is 747. The van der Waals surface area contributed by atoms with Crippen molar-refractivity contribution in [2.75, 3.05) is 26.3 Å². The number of nitrogens with zero attached hydrogens (tertiary/aromatic N) is 2. The number of carbonyl (C=O) groups is 2. The van der Waals surface area contributed by atoms with Crippen LogP contribution in [0.3, 0.4) is 0 Å². The Morgan fingerprint density at radius 3 is 2.40 bits per heavy atom. The van der Waals surface area contributed by atoms with Crippen molar-refractivity contribution in [3.05, 3.63) is 58.3 Å². The van der Waals surface area contributed by atoms with Crippen LogP contribution in [0.1, 0.15) is 44.1 Å². The van der Waals surface area contributed by atoms with Gasteiger partial charge in [0.15, 0.2) is 0 Å². The average Bonchev–Trinajstić information content (AvgIpc) is 3.23. The van der Waals surface area contributed by atoms with E-state index in [1.807, 2.05) is 73.5 Å². The van der Waals surface area contributed by atoms with Crippen LogP contribution in [0.5, 0.6) is 0 Å². The van der Waals surface area contributed by atoms with Crippen LogP contribution in [-0.4, -0.2) is 47.9 Å². The molecular formula is C24H34N2O3S. The summed E-state index contributed by atoms with van der Waals surface area (Å²) >= 11 is 1.64. The highest BCUT2D eigenvalue weighted by Gasteiger charge is 2.22. The van der Waals surface area contributed by atoms with Crippen LogP contribution < -0.4 is 0 Å². The van der Waals surface area contributed by atoms with Gasteiger partial charge < -0.3 is 14.5 Å². The molecule has 2 rings (SSSR count). The third-order valence-corrected chi connectivity index (χ3v) is 5.54. The Morgan fingerprint density at radius 2 is 1.77 bits per heavy atom. The van der Waals surface area contributed by atoms with E-state index in [1.54, 1.807) is 16.2 Å². The van der Waals surface area contributed by atoms with Gasteiger partial charge in [0.05, 0.1) is 13.1 Å². The van der Waals surface area contributed by atoms with E-state index in [1.165, 1.54) is 0 Å². The van der Waals surface area contributed by atoms with E-state index >= 15 is 0 Å². The molecule has 2 amide bonds. The van der Waals surface area contributed by atoms with Crippen LogP contribution in [-0.2, 0) is 27.4 Å². The molecule has 5 nitrogen and oxygen atoms in total. The topological polar surface area (TPSA) is 49.9 Å². The maximum Gasteiger partial charge on any atom is 0.242 e. The molecule has 0 fully saturated rings.